The fraction of sp³-hybridized carbons (Fsp3) is 0.929. The lowest BCUT2D eigenvalue weighted by Gasteiger charge is -2.37. The number of carbonyl (C=O) groups is 1. The van der Waals surface area contributed by atoms with Gasteiger partial charge in [-0.15, -0.1) is 0 Å². The smallest absolute Gasteiger partial charge is 0.320 e. The first-order chi connectivity index (χ1) is 9.46. The van der Waals surface area contributed by atoms with Crippen LogP contribution >= 0.6 is 0 Å². The van der Waals surface area contributed by atoms with Crippen LogP contribution in [0.4, 0.5) is 0 Å². The lowest BCUT2D eigenvalue weighted by molar-refractivity contribution is -0.138. The Morgan fingerprint density at radius 3 is 2.25 bits per heavy atom. The SMILES string of the molecule is NC(CCCNC(N)C1(N)CCCCCCC1)C(=O)O. The second-order valence-electron chi connectivity index (χ2n) is 6.02. The average Bonchev–Trinajstić information content (AvgIpc) is 2.38. The molecule has 8 N–H and O–H groups in total. The van der Waals surface area contributed by atoms with Gasteiger partial charge in [-0.1, -0.05) is 32.1 Å². The molecule has 0 aromatic rings. The quantitative estimate of drug-likeness (QED) is 0.342. The van der Waals surface area contributed by atoms with Crippen LogP contribution in [0.5, 0.6) is 0 Å². The number of aliphatic carboxylic acids is 1. The van der Waals surface area contributed by atoms with Crippen LogP contribution in [-0.2, 0) is 4.79 Å². The summed E-state index contributed by atoms with van der Waals surface area (Å²) in [7, 11) is 0. The number of nitrogens with two attached hydrogens (primary N) is 3. The minimum atomic E-state index is -0.954. The molecule has 1 aliphatic rings. The van der Waals surface area contributed by atoms with Gasteiger partial charge in [0.05, 0.1) is 6.17 Å². The van der Waals surface area contributed by atoms with Gasteiger partial charge >= 0.3 is 5.97 Å². The number of hydrogen-bond acceptors (Lipinski definition) is 5. The van der Waals surface area contributed by atoms with Crippen LogP contribution in [0.1, 0.15) is 57.8 Å². The number of carboxylic acids is 1. The van der Waals surface area contributed by atoms with Gasteiger partial charge in [0.15, 0.2) is 0 Å². The van der Waals surface area contributed by atoms with E-state index in [2.05, 4.69) is 5.32 Å². The molecule has 1 rings (SSSR count). The van der Waals surface area contributed by atoms with E-state index in [0.717, 1.165) is 25.7 Å². The molecular formula is C14H30N4O2. The van der Waals surface area contributed by atoms with Gasteiger partial charge in [-0.05, 0) is 32.2 Å². The summed E-state index contributed by atoms with van der Waals surface area (Å²) in [5.74, 6) is -0.954. The predicted octanol–water partition coefficient (Wildman–Crippen LogP) is 0.495. The van der Waals surface area contributed by atoms with Crippen molar-refractivity contribution in [3.8, 4) is 0 Å². The summed E-state index contributed by atoms with van der Waals surface area (Å²) in [6.07, 6.45) is 8.85. The Morgan fingerprint density at radius 1 is 1.15 bits per heavy atom. The van der Waals surface area contributed by atoms with Gasteiger partial charge in [0.2, 0.25) is 0 Å². The summed E-state index contributed by atoms with van der Waals surface area (Å²) in [6, 6.07) is -0.791. The van der Waals surface area contributed by atoms with Crippen molar-refractivity contribution in [1.82, 2.24) is 5.32 Å². The van der Waals surface area contributed by atoms with Crippen molar-refractivity contribution >= 4 is 5.97 Å². The monoisotopic (exact) mass is 286 g/mol. The van der Waals surface area contributed by atoms with Crippen molar-refractivity contribution in [1.29, 1.82) is 0 Å². The summed E-state index contributed by atoms with van der Waals surface area (Å²) < 4.78 is 0. The molecule has 2 atom stereocenters. The van der Waals surface area contributed by atoms with Crippen molar-refractivity contribution < 1.29 is 9.90 Å². The van der Waals surface area contributed by atoms with Crippen LogP contribution in [0.15, 0.2) is 0 Å². The second kappa shape index (κ2) is 8.56. The van der Waals surface area contributed by atoms with Gasteiger partial charge in [0, 0.05) is 5.54 Å². The van der Waals surface area contributed by atoms with E-state index in [0.29, 0.717) is 19.4 Å². The first kappa shape index (κ1) is 17.4. The molecule has 6 heteroatoms. The third-order valence-corrected chi connectivity index (χ3v) is 4.28. The van der Waals surface area contributed by atoms with Gasteiger partial charge in [0.25, 0.3) is 0 Å². The molecule has 0 saturated heterocycles. The Morgan fingerprint density at radius 2 is 1.70 bits per heavy atom. The van der Waals surface area contributed by atoms with Gasteiger partial charge in [-0.2, -0.15) is 0 Å². The highest BCUT2D eigenvalue weighted by molar-refractivity contribution is 5.72. The van der Waals surface area contributed by atoms with Gasteiger partial charge in [-0.3, -0.25) is 4.79 Å². The normalized spacial score (nSPS) is 22.6. The van der Waals surface area contributed by atoms with Crippen LogP contribution < -0.4 is 22.5 Å². The third kappa shape index (κ3) is 5.75. The molecule has 0 aliphatic heterocycles. The van der Waals surface area contributed by atoms with Crippen LogP contribution in [0.3, 0.4) is 0 Å². The molecule has 0 spiro atoms. The Labute approximate surface area is 121 Å². The number of carboxylic acid groups (broad SMARTS) is 1. The second-order valence-corrected chi connectivity index (χ2v) is 6.02. The summed E-state index contributed by atoms with van der Waals surface area (Å²) in [5, 5.41) is 11.9. The molecule has 1 fully saturated rings. The highest BCUT2D eigenvalue weighted by atomic mass is 16.4. The zero-order chi connectivity index (χ0) is 15.0. The minimum Gasteiger partial charge on any atom is -0.480 e. The van der Waals surface area contributed by atoms with E-state index in [-0.39, 0.29) is 11.7 Å². The molecule has 0 radical (unpaired) electrons. The highest BCUT2D eigenvalue weighted by Crippen LogP contribution is 2.25. The van der Waals surface area contributed by atoms with Crippen molar-refractivity contribution in [3.05, 3.63) is 0 Å². The van der Waals surface area contributed by atoms with E-state index in [4.69, 9.17) is 22.3 Å². The van der Waals surface area contributed by atoms with E-state index in [1.807, 2.05) is 0 Å². The molecular weight excluding hydrogens is 256 g/mol. The molecule has 0 bridgehead atoms. The largest absolute Gasteiger partial charge is 0.480 e. The summed E-state index contributed by atoms with van der Waals surface area (Å²) in [5.41, 5.74) is 17.8. The Bertz CT molecular complexity index is 291. The average molecular weight is 286 g/mol. The molecule has 6 nitrogen and oxygen atoms in total. The van der Waals surface area contributed by atoms with Gasteiger partial charge in [0.1, 0.15) is 6.04 Å². The van der Waals surface area contributed by atoms with E-state index >= 15 is 0 Å². The van der Waals surface area contributed by atoms with Crippen molar-refractivity contribution in [2.75, 3.05) is 6.54 Å². The lowest BCUT2D eigenvalue weighted by Crippen LogP contribution is -2.62. The molecule has 2 unspecified atom stereocenters. The molecule has 0 aromatic heterocycles. The fourth-order valence-corrected chi connectivity index (χ4v) is 2.78. The van der Waals surface area contributed by atoms with E-state index in [1.165, 1.54) is 19.3 Å². The minimum absolute atomic E-state index is 0.235. The fourth-order valence-electron chi connectivity index (χ4n) is 2.78. The van der Waals surface area contributed by atoms with E-state index in [9.17, 15) is 4.79 Å². The summed E-state index contributed by atoms with van der Waals surface area (Å²) >= 11 is 0. The molecule has 1 saturated carbocycles. The summed E-state index contributed by atoms with van der Waals surface area (Å²) in [4.78, 5) is 10.6. The van der Waals surface area contributed by atoms with Crippen molar-refractivity contribution in [2.45, 2.75) is 75.5 Å². The first-order valence-electron chi connectivity index (χ1n) is 7.72. The molecule has 0 aromatic carbocycles. The van der Waals surface area contributed by atoms with Crippen LogP contribution in [0, 0.1) is 0 Å². The van der Waals surface area contributed by atoms with Crippen LogP contribution in [-0.4, -0.2) is 35.4 Å². The predicted molar refractivity (Wildman–Crippen MR) is 80.1 cm³/mol. The highest BCUT2D eigenvalue weighted by Gasteiger charge is 2.31. The Balaban J connectivity index is 2.29. The maximum atomic E-state index is 10.6. The van der Waals surface area contributed by atoms with Gasteiger partial charge in [-0.25, -0.2) is 0 Å². The zero-order valence-electron chi connectivity index (χ0n) is 12.3. The topological polar surface area (TPSA) is 127 Å². The molecule has 118 valence electrons. The molecule has 20 heavy (non-hydrogen) atoms. The van der Waals surface area contributed by atoms with Crippen molar-refractivity contribution in [3.63, 3.8) is 0 Å². The van der Waals surface area contributed by atoms with E-state index in [1.54, 1.807) is 0 Å². The summed E-state index contributed by atoms with van der Waals surface area (Å²) in [6.45, 7) is 0.654. The number of rotatable bonds is 7. The number of nitrogens with one attached hydrogen (secondary N) is 1. The molecule has 0 heterocycles. The number of hydrogen-bond donors (Lipinski definition) is 5. The Hall–Kier alpha value is -0.690. The first-order valence-corrected chi connectivity index (χ1v) is 7.72. The lowest BCUT2D eigenvalue weighted by atomic mass is 9.82. The molecule has 0 amide bonds. The zero-order valence-corrected chi connectivity index (χ0v) is 12.3. The maximum Gasteiger partial charge on any atom is 0.320 e. The van der Waals surface area contributed by atoms with E-state index < -0.39 is 12.0 Å². The third-order valence-electron chi connectivity index (χ3n) is 4.28. The molecule has 1 aliphatic carbocycles. The van der Waals surface area contributed by atoms with Crippen molar-refractivity contribution in [2.24, 2.45) is 17.2 Å². The standard InChI is InChI=1S/C14H30N4O2/c15-11(12(19)20)7-6-10-18-13(16)14(17)8-4-2-1-3-5-9-14/h11,13,18H,1-10,15-17H2,(H,19,20). The van der Waals surface area contributed by atoms with Gasteiger partial charge < -0.3 is 27.6 Å². The van der Waals surface area contributed by atoms with Crippen LogP contribution in [0.25, 0.3) is 0 Å². The van der Waals surface area contributed by atoms with Crippen LogP contribution in [0.2, 0.25) is 0 Å². The maximum absolute atomic E-state index is 10.6. The Kier molecular flexibility index (Phi) is 7.43.